The highest BCUT2D eigenvalue weighted by molar-refractivity contribution is 5.87. The van der Waals surface area contributed by atoms with Crippen molar-refractivity contribution in [1.82, 2.24) is 4.90 Å². The third-order valence-electron chi connectivity index (χ3n) is 3.74. The molecule has 0 aliphatic heterocycles. The number of aliphatic hydroxyl groups excluding tert-OH is 1. The van der Waals surface area contributed by atoms with Crippen molar-refractivity contribution in [2.24, 2.45) is 0 Å². The van der Waals surface area contributed by atoms with Crippen LogP contribution in [0.25, 0.3) is 0 Å². The quantitative estimate of drug-likeness (QED) is 0.825. The Morgan fingerprint density at radius 2 is 2.11 bits per heavy atom. The summed E-state index contributed by atoms with van der Waals surface area (Å²) in [4.78, 5) is 13.0. The predicted molar refractivity (Wildman–Crippen MR) is 70.0 cm³/mol. The van der Waals surface area contributed by atoms with Gasteiger partial charge in [-0.15, -0.1) is 0 Å². The molecule has 5 nitrogen and oxygen atoms in total. The Morgan fingerprint density at radius 3 is 2.68 bits per heavy atom. The molecule has 1 aliphatic carbocycles. The molecule has 1 fully saturated rings. The molecule has 1 heterocycles. The van der Waals surface area contributed by atoms with Crippen LogP contribution in [0.15, 0.2) is 16.7 Å². The predicted octanol–water partition coefficient (Wildman–Crippen LogP) is 2.10. The minimum absolute atomic E-state index is 0.114. The van der Waals surface area contributed by atoms with Crippen LogP contribution in [0.4, 0.5) is 0 Å². The molecule has 0 radical (unpaired) electrons. The van der Waals surface area contributed by atoms with Gasteiger partial charge in [0.2, 0.25) is 0 Å². The number of rotatable bonds is 6. The molecule has 1 aliphatic rings. The fourth-order valence-corrected chi connectivity index (χ4v) is 2.74. The normalized spacial score (nSPS) is 16.9. The van der Waals surface area contributed by atoms with Gasteiger partial charge in [-0.05, 0) is 18.9 Å². The average Bonchev–Trinajstić information content (AvgIpc) is 2.88. The topological polar surface area (TPSA) is 73.9 Å². The smallest absolute Gasteiger partial charge is 0.338 e. The van der Waals surface area contributed by atoms with E-state index in [0.717, 1.165) is 12.8 Å². The Labute approximate surface area is 112 Å². The van der Waals surface area contributed by atoms with Gasteiger partial charge in [0.25, 0.3) is 0 Å². The molecule has 2 rings (SSSR count). The Morgan fingerprint density at radius 1 is 1.37 bits per heavy atom. The standard InChI is InChI=1S/C14H21NO4/c16-7-6-15(12-4-2-1-3-5-12)9-13-8-11(10-19-13)14(17)18/h8,10,12,16H,1-7,9H2,(H,17,18). The molecule has 0 spiro atoms. The van der Waals surface area contributed by atoms with E-state index in [1.165, 1.54) is 25.5 Å². The van der Waals surface area contributed by atoms with Crippen molar-refractivity contribution in [3.05, 3.63) is 23.7 Å². The average molecular weight is 267 g/mol. The molecular weight excluding hydrogens is 246 g/mol. The van der Waals surface area contributed by atoms with Gasteiger partial charge in [-0.3, -0.25) is 4.90 Å². The van der Waals surface area contributed by atoms with Crippen LogP contribution in [0.3, 0.4) is 0 Å². The van der Waals surface area contributed by atoms with E-state index in [1.807, 2.05) is 0 Å². The highest BCUT2D eigenvalue weighted by atomic mass is 16.4. The molecule has 0 saturated heterocycles. The van der Waals surface area contributed by atoms with Crippen LogP contribution in [-0.4, -0.2) is 40.3 Å². The van der Waals surface area contributed by atoms with Crippen molar-refractivity contribution in [2.45, 2.75) is 44.7 Å². The summed E-state index contributed by atoms with van der Waals surface area (Å²) in [6.07, 6.45) is 7.30. The second kappa shape index (κ2) is 6.73. The third kappa shape index (κ3) is 3.81. The third-order valence-corrected chi connectivity index (χ3v) is 3.74. The van der Waals surface area contributed by atoms with E-state index in [9.17, 15) is 9.90 Å². The van der Waals surface area contributed by atoms with Crippen LogP contribution < -0.4 is 0 Å². The monoisotopic (exact) mass is 267 g/mol. The van der Waals surface area contributed by atoms with Gasteiger partial charge in [-0.1, -0.05) is 19.3 Å². The highest BCUT2D eigenvalue weighted by Crippen LogP contribution is 2.24. The summed E-state index contributed by atoms with van der Waals surface area (Å²) in [7, 11) is 0. The van der Waals surface area contributed by atoms with E-state index in [1.54, 1.807) is 6.07 Å². The summed E-state index contributed by atoms with van der Waals surface area (Å²) in [6, 6.07) is 2.04. The van der Waals surface area contributed by atoms with E-state index in [-0.39, 0.29) is 12.2 Å². The van der Waals surface area contributed by atoms with Gasteiger partial charge < -0.3 is 14.6 Å². The minimum Gasteiger partial charge on any atom is -0.478 e. The second-order valence-electron chi connectivity index (χ2n) is 5.09. The van der Waals surface area contributed by atoms with E-state index in [4.69, 9.17) is 9.52 Å². The summed E-state index contributed by atoms with van der Waals surface area (Å²) in [5.74, 6) is -0.321. The number of aromatic carboxylic acids is 1. The van der Waals surface area contributed by atoms with E-state index < -0.39 is 5.97 Å². The summed E-state index contributed by atoms with van der Waals surface area (Å²) < 4.78 is 5.29. The maximum atomic E-state index is 10.8. The molecule has 5 heteroatoms. The van der Waals surface area contributed by atoms with Crippen molar-refractivity contribution in [3.63, 3.8) is 0 Å². The number of carbonyl (C=O) groups is 1. The molecule has 106 valence electrons. The lowest BCUT2D eigenvalue weighted by Gasteiger charge is -2.33. The maximum absolute atomic E-state index is 10.8. The van der Waals surface area contributed by atoms with Crippen molar-refractivity contribution >= 4 is 5.97 Å². The Bertz CT molecular complexity index is 409. The lowest BCUT2D eigenvalue weighted by molar-refractivity contribution is 0.0696. The minimum atomic E-state index is -0.971. The SMILES string of the molecule is O=C(O)c1coc(CN(CCO)C2CCCCC2)c1. The van der Waals surface area contributed by atoms with Crippen LogP contribution >= 0.6 is 0 Å². The lowest BCUT2D eigenvalue weighted by Crippen LogP contribution is -2.38. The summed E-state index contributed by atoms with van der Waals surface area (Å²) in [5, 5.41) is 18.0. The van der Waals surface area contributed by atoms with Crippen LogP contribution in [0, 0.1) is 0 Å². The number of carboxylic acids is 1. The number of furan rings is 1. The van der Waals surface area contributed by atoms with Gasteiger partial charge in [-0.2, -0.15) is 0 Å². The number of hydrogen-bond acceptors (Lipinski definition) is 4. The molecule has 1 saturated carbocycles. The van der Waals surface area contributed by atoms with Crippen LogP contribution in [-0.2, 0) is 6.54 Å². The molecule has 1 aromatic rings. The second-order valence-corrected chi connectivity index (χ2v) is 5.09. The number of hydrogen-bond donors (Lipinski definition) is 2. The molecule has 0 aromatic carbocycles. The molecule has 0 bridgehead atoms. The number of carboxylic acid groups (broad SMARTS) is 1. The summed E-state index contributed by atoms with van der Waals surface area (Å²) >= 11 is 0. The van der Waals surface area contributed by atoms with Crippen molar-refractivity contribution in [2.75, 3.05) is 13.2 Å². The number of nitrogens with zero attached hydrogens (tertiary/aromatic N) is 1. The first-order valence-electron chi connectivity index (χ1n) is 6.86. The molecular formula is C14H21NO4. The molecule has 1 aromatic heterocycles. The van der Waals surface area contributed by atoms with Gasteiger partial charge in [-0.25, -0.2) is 4.79 Å². The van der Waals surface area contributed by atoms with Crippen molar-refractivity contribution < 1.29 is 19.4 Å². The van der Waals surface area contributed by atoms with Crippen molar-refractivity contribution in [3.8, 4) is 0 Å². The van der Waals surface area contributed by atoms with E-state index in [0.29, 0.717) is 24.9 Å². The fraction of sp³-hybridized carbons (Fsp3) is 0.643. The fourth-order valence-electron chi connectivity index (χ4n) is 2.74. The maximum Gasteiger partial charge on any atom is 0.338 e. The van der Waals surface area contributed by atoms with Crippen LogP contribution in [0.1, 0.15) is 48.2 Å². The summed E-state index contributed by atoms with van der Waals surface area (Å²) in [6.45, 7) is 1.29. The molecule has 0 unspecified atom stereocenters. The summed E-state index contributed by atoms with van der Waals surface area (Å²) in [5.41, 5.74) is 0.183. The van der Waals surface area contributed by atoms with Crippen molar-refractivity contribution in [1.29, 1.82) is 0 Å². The van der Waals surface area contributed by atoms with Gasteiger partial charge in [0.1, 0.15) is 12.0 Å². The molecule has 2 N–H and O–H groups in total. The van der Waals surface area contributed by atoms with Gasteiger partial charge in [0.05, 0.1) is 18.7 Å². The Kier molecular flexibility index (Phi) is 4.99. The van der Waals surface area contributed by atoms with E-state index >= 15 is 0 Å². The molecule has 0 atom stereocenters. The first-order valence-corrected chi connectivity index (χ1v) is 6.86. The lowest BCUT2D eigenvalue weighted by atomic mass is 9.94. The van der Waals surface area contributed by atoms with Gasteiger partial charge in [0, 0.05) is 12.6 Å². The molecule has 0 amide bonds. The van der Waals surface area contributed by atoms with Gasteiger partial charge >= 0.3 is 5.97 Å². The largest absolute Gasteiger partial charge is 0.478 e. The zero-order valence-corrected chi connectivity index (χ0v) is 11.0. The van der Waals surface area contributed by atoms with Gasteiger partial charge in [0.15, 0.2) is 0 Å². The first kappa shape index (κ1) is 14.1. The van der Waals surface area contributed by atoms with Crippen LogP contribution in [0.2, 0.25) is 0 Å². The first-order chi connectivity index (χ1) is 9.20. The molecule has 19 heavy (non-hydrogen) atoms. The van der Waals surface area contributed by atoms with E-state index in [2.05, 4.69) is 4.90 Å². The van der Waals surface area contributed by atoms with Crippen LogP contribution in [0.5, 0.6) is 0 Å². The zero-order chi connectivity index (χ0) is 13.7. The highest BCUT2D eigenvalue weighted by Gasteiger charge is 2.22. The number of aliphatic hydroxyl groups is 1. The Hall–Kier alpha value is -1.33. The Balaban J connectivity index is 2.00. The zero-order valence-electron chi connectivity index (χ0n) is 11.0.